The maximum atomic E-state index is 11.6. The second-order valence-electron chi connectivity index (χ2n) is 4.09. The Morgan fingerprint density at radius 3 is 2.20 bits per heavy atom. The lowest BCUT2D eigenvalue weighted by molar-refractivity contribution is -0.387. The molecule has 0 aliphatic heterocycles. The van der Waals surface area contributed by atoms with Crippen LogP contribution < -0.4 is 4.90 Å². The summed E-state index contributed by atoms with van der Waals surface area (Å²) in [6, 6.07) is 3.94. The maximum Gasteiger partial charge on any atom is 0.311 e. The summed E-state index contributed by atoms with van der Waals surface area (Å²) in [5.41, 5.74) is -0.488. The summed E-state index contributed by atoms with van der Waals surface area (Å²) in [5.74, 6) is 0. The summed E-state index contributed by atoms with van der Waals surface area (Å²) in [7, 11) is -3.76. The summed E-state index contributed by atoms with van der Waals surface area (Å²) >= 11 is 0. The van der Waals surface area contributed by atoms with Gasteiger partial charge in [0.1, 0.15) is 10.6 Å². The molecule has 0 aromatic heterocycles. The summed E-state index contributed by atoms with van der Waals surface area (Å²) in [6.45, 7) is -0.455. The Morgan fingerprint density at radius 2 is 1.80 bits per heavy atom. The largest absolute Gasteiger partial charge is 0.395 e. The van der Waals surface area contributed by atoms with Crippen molar-refractivity contribution in [3.63, 3.8) is 0 Å². The van der Waals surface area contributed by atoms with Crippen LogP contribution in [0.15, 0.2) is 23.1 Å². The Kier molecular flexibility index (Phi) is 5.43. The molecule has 0 saturated heterocycles. The Bertz CT molecular complexity index is 581. The zero-order valence-corrected chi connectivity index (χ0v) is 11.7. The predicted molar refractivity (Wildman–Crippen MR) is 72.6 cm³/mol. The fourth-order valence-electron chi connectivity index (χ4n) is 1.84. The molecule has 1 aromatic rings. The Hall–Kier alpha value is -1.71. The zero-order valence-electron chi connectivity index (χ0n) is 10.9. The van der Waals surface area contributed by atoms with Crippen molar-refractivity contribution < 1.29 is 23.6 Å². The van der Waals surface area contributed by atoms with Gasteiger partial charge in [0.05, 0.1) is 18.1 Å². The van der Waals surface area contributed by atoms with Crippen molar-refractivity contribution in [1.29, 1.82) is 0 Å². The lowest BCUT2D eigenvalue weighted by Gasteiger charge is -2.23. The number of nitro benzene ring substituents is 1. The van der Waals surface area contributed by atoms with E-state index in [1.54, 1.807) is 0 Å². The first-order chi connectivity index (χ1) is 9.32. The number of benzene rings is 1. The molecule has 2 N–H and O–H groups in total. The second-order valence-corrected chi connectivity index (χ2v) is 6.07. The zero-order chi connectivity index (χ0) is 15.3. The van der Waals surface area contributed by atoms with Crippen molar-refractivity contribution >= 4 is 21.2 Å². The number of anilines is 1. The Morgan fingerprint density at radius 1 is 1.25 bits per heavy atom. The number of rotatable bonds is 7. The third-order valence-corrected chi connectivity index (χ3v) is 3.77. The molecule has 0 unspecified atom stereocenters. The summed E-state index contributed by atoms with van der Waals surface area (Å²) in [6.07, 6.45) is 0.890. The van der Waals surface area contributed by atoms with Crippen molar-refractivity contribution in [2.45, 2.75) is 4.90 Å². The monoisotopic (exact) mass is 304 g/mol. The minimum absolute atomic E-state index is 0.0502. The van der Waals surface area contributed by atoms with Gasteiger partial charge >= 0.3 is 5.69 Å². The number of sulfone groups is 1. The van der Waals surface area contributed by atoms with Crippen LogP contribution in [0.4, 0.5) is 11.4 Å². The van der Waals surface area contributed by atoms with Gasteiger partial charge in [-0.25, -0.2) is 8.42 Å². The standard InChI is InChI=1S/C11H16N2O6S/c1-20(18,19)10-4-2-3-9(11(10)13(16)17)12(5-7-14)6-8-15/h2-4,14-15H,5-8H2,1H3. The normalized spacial score (nSPS) is 11.3. The lowest BCUT2D eigenvalue weighted by Crippen LogP contribution is -2.30. The predicted octanol–water partition coefficient (Wildman–Crippen LogP) is -0.211. The van der Waals surface area contributed by atoms with Crippen LogP contribution in [0.25, 0.3) is 0 Å². The van der Waals surface area contributed by atoms with E-state index in [0.29, 0.717) is 0 Å². The van der Waals surface area contributed by atoms with Crippen LogP contribution in [0.2, 0.25) is 0 Å². The first kappa shape index (κ1) is 16.3. The van der Waals surface area contributed by atoms with E-state index < -0.39 is 20.4 Å². The van der Waals surface area contributed by atoms with Gasteiger partial charge < -0.3 is 15.1 Å². The van der Waals surface area contributed by atoms with Crippen molar-refractivity contribution in [1.82, 2.24) is 0 Å². The van der Waals surface area contributed by atoms with Gasteiger partial charge in [-0.05, 0) is 12.1 Å². The Labute approximate surface area is 116 Å². The minimum Gasteiger partial charge on any atom is -0.395 e. The highest BCUT2D eigenvalue weighted by Gasteiger charge is 2.28. The molecule has 0 fully saturated rings. The maximum absolute atomic E-state index is 11.6. The van der Waals surface area contributed by atoms with E-state index in [0.717, 1.165) is 12.3 Å². The number of para-hydroxylation sites is 1. The van der Waals surface area contributed by atoms with Crippen LogP contribution >= 0.6 is 0 Å². The van der Waals surface area contributed by atoms with E-state index in [9.17, 15) is 18.5 Å². The molecule has 8 nitrogen and oxygen atoms in total. The Balaban J connectivity index is 3.49. The quantitative estimate of drug-likeness (QED) is 0.528. The van der Waals surface area contributed by atoms with E-state index >= 15 is 0 Å². The van der Waals surface area contributed by atoms with Gasteiger partial charge in [0.15, 0.2) is 9.84 Å². The smallest absolute Gasteiger partial charge is 0.311 e. The first-order valence-electron chi connectivity index (χ1n) is 5.77. The number of nitro groups is 1. The van der Waals surface area contributed by atoms with E-state index in [1.807, 2.05) is 0 Å². The molecular formula is C11H16N2O6S. The first-order valence-corrected chi connectivity index (χ1v) is 7.66. The molecular weight excluding hydrogens is 288 g/mol. The van der Waals surface area contributed by atoms with Crippen LogP contribution in [0.3, 0.4) is 0 Å². The van der Waals surface area contributed by atoms with Gasteiger partial charge in [-0.15, -0.1) is 0 Å². The fourth-order valence-corrected chi connectivity index (χ4v) is 2.70. The van der Waals surface area contributed by atoms with Crippen molar-refractivity contribution in [2.24, 2.45) is 0 Å². The van der Waals surface area contributed by atoms with E-state index in [4.69, 9.17) is 10.2 Å². The average molecular weight is 304 g/mol. The molecule has 0 aliphatic rings. The third kappa shape index (κ3) is 3.65. The molecule has 0 bridgehead atoms. The molecule has 0 aliphatic carbocycles. The summed E-state index contributed by atoms with van der Waals surface area (Å²) in [4.78, 5) is 11.4. The molecule has 20 heavy (non-hydrogen) atoms. The number of hydrogen-bond donors (Lipinski definition) is 2. The molecule has 1 aromatic carbocycles. The van der Waals surface area contributed by atoms with Crippen LogP contribution in [0, 0.1) is 10.1 Å². The van der Waals surface area contributed by atoms with Gasteiger partial charge in [0.2, 0.25) is 0 Å². The topological polar surface area (TPSA) is 121 Å². The number of aliphatic hydroxyl groups excluding tert-OH is 2. The highest BCUT2D eigenvalue weighted by Crippen LogP contribution is 2.34. The van der Waals surface area contributed by atoms with Gasteiger partial charge in [0, 0.05) is 19.3 Å². The van der Waals surface area contributed by atoms with Crippen molar-refractivity contribution in [3.8, 4) is 0 Å². The molecule has 0 amide bonds. The molecule has 9 heteroatoms. The molecule has 112 valence electrons. The highest BCUT2D eigenvalue weighted by atomic mass is 32.2. The average Bonchev–Trinajstić information content (AvgIpc) is 2.36. The van der Waals surface area contributed by atoms with Crippen LogP contribution in [0.5, 0.6) is 0 Å². The number of hydrogen-bond acceptors (Lipinski definition) is 7. The van der Waals surface area contributed by atoms with E-state index in [-0.39, 0.29) is 36.9 Å². The summed E-state index contributed by atoms with van der Waals surface area (Å²) < 4.78 is 23.3. The number of nitrogens with zero attached hydrogens (tertiary/aromatic N) is 2. The summed E-state index contributed by atoms with van der Waals surface area (Å²) in [5, 5.41) is 29.1. The molecule has 0 heterocycles. The number of aliphatic hydroxyl groups is 2. The molecule has 0 saturated carbocycles. The van der Waals surface area contributed by atoms with Crippen molar-refractivity contribution in [2.75, 3.05) is 37.5 Å². The molecule has 0 atom stereocenters. The second kappa shape index (κ2) is 6.64. The minimum atomic E-state index is -3.76. The van der Waals surface area contributed by atoms with Crippen molar-refractivity contribution in [3.05, 3.63) is 28.3 Å². The highest BCUT2D eigenvalue weighted by molar-refractivity contribution is 7.90. The van der Waals surface area contributed by atoms with Gasteiger partial charge in [-0.1, -0.05) is 6.07 Å². The van der Waals surface area contributed by atoms with Gasteiger partial charge in [0.25, 0.3) is 0 Å². The van der Waals surface area contributed by atoms with Crippen LogP contribution in [0.1, 0.15) is 0 Å². The lowest BCUT2D eigenvalue weighted by atomic mass is 10.2. The van der Waals surface area contributed by atoms with Gasteiger partial charge in [-0.3, -0.25) is 10.1 Å². The molecule has 0 spiro atoms. The molecule has 1 rings (SSSR count). The van der Waals surface area contributed by atoms with E-state index in [2.05, 4.69) is 0 Å². The van der Waals surface area contributed by atoms with Gasteiger partial charge in [-0.2, -0.15) is 0 Å². The third-order valence-electron chi connectivity index (χ3n) is 2.64. The fraction of sp³-hybridized carbons (Fsp3) is 0.455. The van der Waals surface area contributed by atoms with E-state index in [1.165, 1.54) is 17.0 Å². The van der Waals surface area contributed by atoms with Crippen LogP contribution in [-0.4, -0.2) is 56.1 Å². The van der Waals surface area contributed by atoms with Crippen LogP contribution in [-0.2, 0) is 9.84 Å². The SMILES string of the molecule is CS(=O)(=O)c1cccc(N(CCO)CCO)c1[N+](=O)[O-]. The molecule has 0 radical (unpaired) electrons.